The predicted octanol–water partition coefficient (Wildman–Crippen LogP) is 4.06. The second-order valence-electron chi connectivity index (χ2n) is 9.81. The Hall–Kier alpha value is -3.41. The molecule has 6 heteroatoms. The number of amides is 1. The third-order valence-electron chi connectivity index (χ3n) is 5.63. The van der Waals surface area contributed by atoms with Crippen LogP contribution in [0.2, 0.25) is 0 Å². The number of rotatable bonds is 6. The van der Waals surface area contributed by atoms with Crippen molar-refractivity contribution >= 4 is 23.4 Å². The normalized spacial score (nSPS) is 15.1. The van der Waals surface area contributed by atoms with Gasteiger partial charge in [-0.05, 0) is 64.2 Å². The van der Waals surface area contributed by atoms with Gasteiger partial charge >= 0.3 is 5.97 Å². The van der Waals surface area contributed by atoms with Crippen LogP contribution < -0.4 is 5.32 Å². The topological polar surface area (TPSA) is 92.7 Å². The van der Waals surface area contributed by atoms with Crippen LogP contribution in [0.15, 0.2) is 54.1 Å². The Bertz CT molecular complexity index is 1110. The summed E-state index contributed by atoms with van der Waals surface area (Å²) in [4.78, 5) is 37.9. The lowest BCUT2D eigenvalue weighted by atomic mass is 9.70. The molecule has 1 aliphatic rings. The van der Waals surface area contributed by atoms with E-state index in [1.165, 1.54) is 5.56 Å². The molecule has 2 N–H and O–H groups in total. The first-order valence-electron chi connectivity index (χ1n) is 11.1. The van der Waals surface area contributed by atoms with E-state index in [9.17, 15) is 19.5 Å². The van der Waals surface area contributed by atoms with Crippen molar-refractivity contribution in [3.8, 4) is 0 Å². The first-order chi connectivity index (χ1) is 15.4. The van der Waals surface area contributed by atoms with Crippen LogP contribution in [0, 0.1) is 0 Å². The van der Waals surface area contributed by atoms with Crippen LogP contribution in [0.5, 0.6) is 0 Å². The number of aryl methyl sites for hydroxylation is 2. The van der Waals surface area contributed by atoms with Crippen LogP contribution >= 0.6 is 0 Å². The van der Waals surface area contributed by atoms with Gasteiger partial charge in [0.05, 0.1) is 5.41 Å². The van der Waals surface area contributed by atoms with Gasteiger partial charge in [0.1, 0.15) is 23.5 Å². The minimum absolute atomic E-state index is 0.340. The van der Waals surface area contributed by atoms with E-state index in [0.29, 0.717) is 11.1 Å². The second kappa shape index (κ2) is 9.22. The smallest absolute Gasteiger partial charge is 0.325 e. The summed E-state index contributed by atoms with van der Waals surface area (Å²) in [6.07, 6.45) is 1.64. The zero-order chi connectivity index (χ0) is 24.4. The molecule has 0 saturated carbocycles. The van der Waals surface area contributed by atoms with Crippen molar-refractivity contribution in [2.45, 2.75) is 58.5 Å². The third kappa shape index (κ3) is 5.51. The average Bonchev–Trinajstić information content (AvgIpc) is 2.75. The number of hydrogen-bond acceptors (Lipinski definition) is 5. The molecule has 174 valence electrons. The Kier molecular flexibility index (Phi) is 6.77. The van der Waals surface area contributed by atoms with Gasteiger partial charge in [-0.25, -0.2) is 0 Å². The molecule has 0 radical (unpaired) electrons. The van der Waals surface area contributed by atoms with Gasteiger partial charge in [-0.1, -0.05) is 48.5 Å². The van der Waals surface area contributed by atoms with Gasteiger partial charge in [0.15, 0.2) is 5.78 Å². The number of Topliss-reactive ketones (excluding diaryl/α,β-unsaturated/α-hetero) is 1. The molecule has 3 rings (SSSR count). The molecule has 33 heavy (non-hydrogen) atoms. The number of ether oxygens (including phenoxy) is 1. The molecule has 1 aliphatic carbocycles. The monoisotopic (exact) mass is 449 g/mol. The lowest BCUT2D eigenvalue weighted by Gasteiger charge is -2.32. The Morgan fingerprint density at radius 3 is 2.27 bits per heavy atom. The Balaban J connectivity index is 1.83. The summed E-state index contributed by atoms with van der Waals surface area (Å²) >= 11 is 0. The second-order valence-corrected chi connectivity index (χ2v) is 9.81. The Morgan fingerprint density at radius 2 is 1.64 bits per heavy atom. The maximum absolute atomic E-state index is 13.2. The number of fused-ring (bicyclic) bond motifs is 1. The number of aliphatic hydroxyl groups excluding tert-OH is 1. The lowest BCUT2D eigenvalue weighted by Crippen LogP contribution is -2.43. The number of aliphatic hydroxyl groups is 1. The van der Waals surface area contributed by atoms with E-state index in [1.54, 1.807) is 40.7 Å². The number of nitrogens with one attached hydrogen (secondary N) is 1. The molecule has 0 unspecified atom stereocenters. The molecule has 0 aliphatic heterocycles. The number of carbonyl (C=O) groups excluding carboxylic acids is 3. The van der Waals surface area contributed by atoms with E-state index in [0.717, 1.165) is 18.4 Å². The van der Waals surface area contributed by atoms with Gasteiger partial charge in [-0.3, -0.25) is 14.4 Å². The van der Waals surface area contributed by atoms with Crippen LogP contribution in [0.4, 0.5) is 0 Å². The standard InChI is InChI=1S/C27H31NO5/c1-26(2,3)33-21(29)16-28-25(32)22-23(30)19-14-13-18(12-11-17-9-7-6-8-10-17)15-20(19)27(4,5)24(22)31/h6-10,13-15,30H,11-12,16H2,1-5H3,(H,28,32). The number of benzene rings is 2. The van der Waals surface area contributed by atoms with Crippen molar-refractivity contribution in [1.82, 2.24) is 5.32 Å². The maximum Gasteiger partial charge on any atom is 0.325 e. The highest BCUT2D eigenvalue weighted by molar-refractivity contribution is 6.28. The van der Waals surface area contributed by atoms with E-state index < -0.39 is 35.2 Å². The van der Waals surface area contributed by atoms with E-state index in [4.69, 9.17) is 4.74 Å². The largest absolute Gasteiger partial charge is 0.506 e. The fraction of sp³-hybridized carbons (Fsp3) is 0.370. The maximum atomic E-state index is 13.2. The molecule has 0 heterocycles. The van der Waals surface area contributed by atoms with E-state index in [-0.39, 0.29) is 11.3 Å². The zero-order valence-corrected chi connectivity index (χ0v) is 19.8. The van der Waals surface area contributed by atoms with E-state index in [2.05, 4.69) is 17.4 Å². The fourth-order valence-corrected chi connectivity index (χ4v) is 3.91. The van der Waals surface area contributed by atoms with Crippen molar-refractivity contribution in [2.75, 3.05) is 6.54 Å². The molecule has 2 aromatic rings. The predicted molar refractivity (Wildman–Crippen MR) is 127 cm³/mol. The summed E-state index contributed by atoms with van der Waals surface area (Å²) in [6, 6.07) is 15.7. The van der Waals surface area contributed by atoms with E-state index in [1.807, 2.05) is 30.3 Å². The minimum Gasteiger partial charge on any atom is -0.506 e. The molecule has 0 spiro atoms. The highest BCUT2D eigenvalue weighted by atomic mass is 16.6. The van der Waals surface area contributed by atoms with Gasteiger partial charge in [0.2, 0.25) is 0 Å². The molecule has 1 amide bonds. The summed E-state index contributed by atoms with van der Waals surface area (Å²) in [5, 5.41) is 13.2. The number of carbonyl (C=O) groups is 3. The van der Waals surface area contributed by atoms with Crippen LogP contribution in [0.1, 0.15) is 56.9 Å². The molecule has 6 nitrogen and oxygen atoms in total. The summed E-state index contributed by atoms with van der Waals surface area (Å²) in [6.45, 7) is 8.25. The molecule has 0 atom stereocenters. The van der Waals surface area contributed by atoms with Crippen molar-refractivity contribution in [1.29, 1.82) is 0 Å². The molecular formula is C27H31NO5. The number of ketones is 1. The average molecular weight is 450 g/mol. The van der Waals surface area contributed by atoms with Crippen molar-refractivity contribution < 1.29 is 24.2 Å². The van der Waals surface area contributed by atoms with Gasteiger partial charge < -0.3 is 15.2 Å². The van der Waals surface area contributed by atoms with Crippen LogP contribution in [0.25, 0.3) is 5.76 Å². The zero-order valence-electron chi connectivity index (χ0n) is 19.8. The van der Waals surface area contributed by atoms with Crippen LogP contribution in [-0.4, -0.2) is 34.9 Å². The number of hydrogen-bond donors (Lipinski definition) is 2. The van der Waals surface area contributed by atoms with Crippen LogP contribution in [-0.2, 0) is 37.4 Å². The minimum atomic E-state index is -1.01. The van der Waals surface area contributed by atoms with Crippen molar-refractivity contribution in [2.24, 2.45) is 0 Å². The van der Waals surface area contributed by atoms with Crippen molar-refractivity contribution in [3.63, 3.8) is 0 Å². The Labute approximate surface area is 194 Å². The summed E-state index contributed by atoms with van der Waals surface area (Å²) in [5.74, 6) is -2.28. The molecule has 2 aromatic carbocycles. The first kappa shape index (κ1) is 24.2. The molecule has 0 fully saturated rings. The SMILES string of the molecule is CC(C)(C)OC(=O)CNC(=O)C1=C(O)c2ccc(CCc3ccccc3)cc2C(C)(C)C1=O. The highest BCUT2D eigenvalue weighted by Gasteiger charge is 2.43. The van der Waals surface area contributed by atoms with Gasteiger partial charge in [-0.2, -0.15) is 0 Å². The molecule has 0 saturated heterocycles. The molecule has 0 bridgehead atoms. The van der Waals surface area contributed by atoms with Gasteiger partial charge in [0, 0.05) is 5.56 Å². The fourth-order valence-electron chi connectivity index (χ4n) is 3.91. The quantitative estimate of drug-likeness (QED) is 0.513. The highest BCUT2D eigenvalue weighted by Crippen LogP contribution is 2.40. The summed E-state index contributed by atoms with van der Waals surface area (Å²) < 4.78 is 5.18. The van der Waals surface area contributed by atoms with Crippen LogP contribution in [0.3, 0.4) is 0 Å². The third-order valence-corrected chi connectivity index (χ3v) is 5.63. The van der Waals surface area contributed by atoms with Crippen molar-refractivity contribution in [3.05, 3.63) is 76.4 Å². The van der Waals surface area contributed by atoms with Gasteiger partial charge in [0.25, 0.3) is 5.91 Å². The summed E-state index contributed by atoms with van der Waals surface area (Å²) in [7, 11) is 0. The number of esters is 1. The van der Waals surface area contributed by atoms with E-state index >= 15 is 0 Å². The first-order valence-corrected chi connectivity index (χ1v) is 11.1. The Morgan fingerprint density at radius 1 is 1.00 bits per heavy atom. The summed E-state index contributed by atoms with van der Waals surface area (Å²) in [5.41, 5.74) is 1.35. The molecule has 0 aromatic heterocycles. The van der Waals surface area contributed by atoms with Gasteiger partial charge in [-0.15, -0.1) is 0 Å². The lowest BCUT2D eigenvalue weighted by molar-refractivity contribution is -0.154. The molecular weight excluding hydrogens is 418 g/mol.